The van der Waals surface area contributed by atoms with E-state index in [4.69, 9.17) is 5.11 Å². The van der Waals surface area contributed by atoms with Crippen molar-refractivity contribution >= 4 is 11.9 Å². The van der Waals surface area contributed by atoms with Gasteiger partial charge in [-0.25, -0.2) is 0 Å². The molecule has 2 aliphatic rings. The van der Waals surface area contributed by atoms with Crippen LogP contribution >= 0.6 is 0 Å². The summed E-state index contributed by atoms with van der Waals surface area (Å²) in [4.78, 5) is 24.1. The predicted molar refractivity (Wildman–Crippen MR) is 49.7 cm³/mol. The number of hydrogen-bond acceptors (Lipinski definition) is 2. The highest BCUT2D eigenvalue weighted by atomic mass is 16.4. The van der Waals surface area contributed by atoms with E-state index in [1.807, 2.05) is 0 Å². The average molecular weight is 197 g/mol. The summed E-state index contributed by atoms with van der Waals surface area (Å²) in [6.45, 7) is 0.429. The fourth-order valence-electron chi connectivity index (χ4n) is 2.47. The number of carboxylic acids is 1. The van der Waals surface area contributed by atoms with Gasteiger partial charge in [0.2, 0.25) is 5.91 Å². The first-order chi connectivity index (χ1) is 6.68. The van der Waals surface area contributed by atoms with Crippen LogP contribution in [0.25, 0.3) is 0 Å². The second-order valence-corrected chi connectivity index (χ2v) is 4.22. The van der Waals surface area contributed by atoms with Gasteiger partial charge < -0.3 is 10.0 Å². The maximum absolute atomic E-state index is 11.5. The second kappa shape index (κ2) is 3.59. The van der Waals surface area contributed by atoms with Gasteiger partial charge in [0, 0.05) is 19.0 Å². The summed E-state index contributed by atoms with van der Waals surface area (Å²) in [5.74, 6) is -1.27. The van der Waals surface area contributed by atoms with E-state index in [0.29, 0.717) is 12.6 Å². The number of amides is 1. The molecule has 0 unspecified atom stereocenters. The lowest BCUT2D eigenvalue weighted by Crippen LogP contribution is -2.35. The maximum Gasteiger partial charge on any atom is 0.308 e. The molecule has 4 heteroatoms. The standard InChI is InChI=1S/C10H15NO3/c12-9-5-7(10(13)14)6-11(9)8-3-1-2-4-8/h7-8H,1-6H2,(H,13,14)/t7-/m0/s1. The molecule has 1 N–H and O–H groups in total. The van der Waals surface area contributed by atoms with Crippen molar-refractivity contribution in [1.82, 2.24) is 4.90 Å². The van der Waals surface area contributed by atoms with Crippen LogP contribution in [0.5, 0.6) is 0 Å². The summed E-state index contributed by atoms with van der Waals surface area (Å²) in [6, 6.07) is 0.326. The van der Waals surface area contributed by atoms with Gasteiger partial charge in [0.25, 0.3) is 0 Å². The third-order valence-electron chi connectivity index (χ3n) is 3.27. The zero-order valence-electron chi connectivity index (χ0n) is 8.11. The molecule has 1 atom stereocenters. The molecule has 0 spiro atoms. The Hall–Kier alpha value is -1.06. The fourth-order valence-corrected chi connectivity index (χ4v) is 2.47. The van der Waals surface area contributed by atoms with Crippen LogP contribution in [0, 0.1) is 5.92 Å². The first kappa shape index (κ1) is 9.49. The Balaban J connectivity index is 2.00. The van der Waals surface area contributed by atoms with E-state index in [2.05, 4.69) is 0 Å². The molecule has 0 radical (unpaired) electrons. The zero-order chi connectivity index (χ0) is 10.1. The molecule has 4 nitrogen and oxygen atoms in total. The molecule has 0 bridgehead atoms. The highest BCUT2D eigenvalue weighted by Gasteiger charge is 2.38. The van der Waals surface area contributed by atoms with Gasteiger partial charge in [-0.2, -0.15) is 0 Å². The molecule has 1 amide bonds. The molecule has 14 heavy (non-hydrogen) atoms. The van der Waals surface area contributed by atoms with E-state index in [1.165, 1.54) is 12.8 Å². The average Bonchev–Trinajstić information content (AvgIpc) is 2.71. The topological polar surface area (TPSA) is 57.6 Å². The number of nitrogens with zero attached hydrogens (tertiary/aromatic N) is 1. The Kier molecular flexibility index (Phi) is 2.44. The summed E-state index contributed by atoms with van der Waals surface area (Å²) in [7, 11) is 0. The summed E-state index contributed by atoms with van der Waals surface area (Å²) in [5.41, 5.74) is 0. The number of carbonyl (C=O) groups is 2. The van der Waals surface area contributed by atoms with E-state index < -0.39 is 11.9 Å². The minimum atomic E-state index is -0.834. The van der Waals surface area contributed by atoms with Crippen LogP contribution in [0.1, 0.15) is 32.1 Å². The summed E-state index contributed by atoms with van der Waals surface area (Å²) < 4.78 is 0. The molecular formula is C10H15NO3. The molecule has 1 aliphatic carbocycles. The van der Waals surface area contributed by atoms with Crippen molar-refractivity contribution in [2.24, 2.45) is 5.92 Å². The van der Waals surface area contributed by atoms with Crippen molar-refractivity contribution in [2.75, 3.05) is 6.54 Å². The van der Waals surface area contributed by atoms with Gasteiger partial charge in [0.05, 0.1) is 5.92 Å². The monoisotopic (exact) mass is 197 g/mol. The molecule has 1 saturated carbocycles. The molecule has 78 valence electrons. The van der Waals surface area contributed by atoms with Gasteiger partial charge in [0.1, 0.15) is 0 Å². The summed E-state index contributed by atoms with van der Waals surface area (Å²) >= 11 is 0. The normalized spacial score (nSPS) is 28.7. The van der Waals surface area contributed by atoms with Crippen LogP contribution in [-0.2, 0) is 9.59 Å². The lowest BCUT2D eigenvalue weighted by molar-refractivity contribution is -0.141. The van der Waals surface area contributed by atoms with Crippen molar-refractivity contribution in [3.8, 4) is 0 Å². The molecule has 1 saturated heterocycles. The van der Waals surface area contributed by atoms with Crippen molar-refractivity contribution < 1.29 is 14.7 Å². The quantitative estimate of drug-likeness (QED) is 0.714. The number of aliphatic carboxylic acids is 1. The number of hydrogen-bond donors (Lipinski definition) is 1. The minimum Gasteiger partial charge on any atom is -0.481 e. The predicted octanol–water partition coefficient (Wildman–Crippen LogP) is 0.862. The third kappa shape index (κ3) is 1.61. The van der Waals surface area contributed by atoms with Crippen molar-refractivity contribution in [1.29, 1.82) is 0 Å². The van der Waals surface area contributed by atoms with Gasteiger partial charge in [-0.05, 0) is 12.8 Å². The van der Waals surface area contributed by atoms with Gasteiger partial charge in [-0.1, -0.05) is 12.8 Å². The Morgan fingerprint density at radius 2 is 2.00 bits per heavy atom. The molecule has 0 aromatic rings. The number of carboxylic acid groups (broad SMARTS) is 1. The Labute approximate surface area is 82.9 Å². The fraction of sp³-hybridized carbons (Fsp3) is 0.800. The smallest absolute Gasteiger partial charge is 0.308 e. The Morgan fingerprint density at radius 1 is 1.36 bits per heavy atom. The summed E-state index contributed by atoms with van der Waals surface area (Å²) in [5, 5.41) is 8.81. The number of rotatable bonds is 2. The number of carbonyl (C=O) groups excluding carboxylic acids is 1. The van der Waals surface area contributed by atoms with Crippen LogP contribution in [0.3, 0.4) is 0 Å². The highest BCUT2D eigenvalue weighted by Crippen LogP contribution is 2.29. The second-order valence-electron chi connectivity index (χ2n) is 4.22. The van der Waals surface area contributed by atoms with Gasteiger partial charge >= 0.3 is 5.97 Å². The molecule has 0 aromatic carbocycles. The minimum absolute atomic E-state index is 0.0318. The van der Waals surface area contributed by atoms with Crippen LogP contribution in [0.15, 0.2) is 0 Å². The summed E-state index contributed by atoms with van der Waals surface area (Å²) in [6.07, 6.45) is 4.65. The molecule has 1 heterocycles. The molecule has 2 fully saturated rings. The lowest BCUT2D eigenvalue weighted by Gasteiger charge is -2.23. The maximum atomic E-state index is 11.5. The Bertz CT molecular complexity index is 258. The lowest BCUT2D eigenvalue weighted by atomic mass is 10.1. The van der Waals surface area contributed by atoms with Gasteiger partial charge in [-0.3, -0.25) is 9.59 Å². The van der Waals surface area contributed by atoms with Gasteiger partial charge in [0.15, 0.2) is 0 Å². The van der Waals surface area contributed by atoms with E-state index in [0.717, 1.165) is 12.8 Å². The zero-order valence-corrected chi connectivity index (χ0v) is 8.11. The van der Waals surface area contributed by atoms with Crippen molar-refractivity contribution in [2.45, 2.75) is 38.1 Å². The van der Waals surface area contributed by atoms with E-state index in [-0.39, 0.29) is 12.3 Å². The van der Waals surface area contributed by atoms with E-state index in [1.54, 1.807) is 4.90 Å². The Morgan fingerprint density at radius 3 is 2.50 bits per heavy atom. The number of likely N-dealkylation sites (tertiary alicyclic amines) is 1. The SMILES string of the molecule is O=C(O)[C@H]1CC(=O)N(C2CCCC2)C1. The van der Waals surface area contributed by atoms with Crippen molar-refractivity contribution in [3.63, 3.8) is 0 Å². The van der Waals surface area contributed by atoms with Crippen LogP contribution in [-0.4, -0.2) is 34.5 Å². The van der Waals surface area contributed by atoms with Crippen LogP contribution in [0.4, 0.5) is 0 Å². The largest absolute Gasteiger partial charge is 0.481 e. The third-order valence-corrected chi connectivity index (χ3v) is 3.27. The molecule has 1 aliphatic heterocycles. The highest BCUT2D eigenvalue weighted by molar-refractivity contribution is 5.86. The molecular weight excluding hydrogens is 182 g/mol. The van der Waals surface area contributed by atoms with Crippen molar-refractivity contribution in [3.05, 3.63) is 0 Å². The van der Waals surface area contributed by atoms with E-state index in [9.17, 15) is 9.59 Å². The van der Waals surface area contributed by atoms with E-state index >= 15 is 0 Å². The first-order valence-corrected chi connectivity index (χ1v) is 5.21. The molecule has 0 aromatic heterocycles. The van der Waals surface area contributed by atoms with Gasteiger partial charge in [-0.15, -0.1) is 0 Å². The molecule has 2 rings (SSSR count). The van der Waals surface area contributed by atoms with Crippen LogP contribution < -0.4 is 0 Å². The van der Waals surface area contributed by atoms with Crippen LogP contribution in [0.2, 0.25) is 0 Å². The first-order valence-electron chi connectivity index (χ1n) is 5.21.